The van der Waals surface area contributed by atoms with E-state index in [-0.39, 0.29) is 10.5 Å². The molecule has 0 saturated carbocycles. The molecule has 0 amide bonds. The zero-order valence-corrected chi connectivity index (χ0v) is 20.3. The van der Waals surface area contributed by atoms with Gasteiger partial charge in [0.05, 0.1) is 21.8 Å². The molecule has 3 aromatic carbocycles. The molecule has 34 heavy (non-hydrogen) atoms. The van der Waals surface area contributed by atoms with E-state index in [0.29, 0.717) is 22.9 Å². The Labute approximate surface area is 201 Å². The first-order valence-electron chi connectivity index (χ1n) is 11.5. The summed E-state index contributed by atoms with van der Waals surface area (Å²) in [4.78, 5) is 13.9. The molecule has 1 aliphatic heterocycles. The fourth-order valence-electron chi connectivity index (χ4n) is 4.65. The number of nitrogens with one attached hydrogen (secondary N) is 1. The first-order valence-corrected chi connectivity index (χ1v) is 13.0. The summed E-state index contributed by atoms with van der Waals surface area (Å²) in [5.41, 5.74) is 3.99. The van der Waals surface area contributed by atoms with Gasteiger partial charge in [0, 0.05) is 13.1 Å². The van der Waals surface area contributed by atoms with E-state index in [0.717, 1.165) is 37.9 Å². The van der Waals surface area contributed by atoms with Crippen LogP contribution >= 0.6 is 0 Å². The van der Waals surface area contributed by atoms with Gasteiger partial charge in [-0.05, 0) is 74.4 Å². The lowest BCUT2D eigenvalue weighted by atomic mass is 9.90. The monoisotopic (exact) mass is 478 g/mol. The highest BCUT2D eigenvalue weighted by Crippen LogP contribution is 2.34. The number of nitrogens with zero attached hydrogens (tertiary/aromatic N) is 1. The lowest BCUT2D eigenvalue weighted by Crippen LogP contribution is -2.35. The van der Waals surface area contributed by atoms with Gasteiger partial charge in [-0.3, -0.25) is 4.72 Å². The minimum Gasteiger partial charge on any atom is -0.478 e. The van der Waals surface area contributed by atoms with Crippen LogP contribution in [0.4, 0.5) is 11.4 Å². The molecule has 0 bridgehead atoms. The van der Waals surface area contributed by atoms with Crippen molar-refractivity contribution in [1.82, 2.24) is 0 Å². The highest BCUT2D eigenvalue weighted by Gasteiger charge is 2.25. The van der Waals surface area contributed by atoms with Crippen LogP contribution in [0.5, 0.6) is 0 Å². The molecule has 1 heterocycles. The molecule has 0 unspecified atom stereocenters. The number of hydrogen-bond acceptors (Lipinski definition) is 4. The molecule has 6 nitrogen and oxygen atoms in total. The SMILES string of the molecule is Cc1ccc(S(=O)(=O)Nc2cc(C(=O)O)ccc2N2CCC(Cc3ccccc3)CC2)c(C)c1. The molecule has 7 heteroatoms. The summed E-state index contributed by atoms with van der Waals surface area (Å²) in [6.07, 6.45) is 3.00. The standard InChI is InChI=1S/C27H30N2O4S/c1-19-8-11-26(20(2)16-19)34(32,33)28-24-18-23(27(30)31)9-10-25(24)29-14-12-22(13-15-29)17-21-6-4-3-5-7-21/h3-11,16,18,22,28H,12-15,17H2,1-2H3,(H,30,31). The van der Waals surface area contributed by atoms with Crippen molar-refractivity contribution in [2.24, 2.45) is 5.92 Å². The lowest BCUT2D eigenvalue weighted by Gasteiger charge is -2.35. The molecule has 0 aliphatic carbocycles. The van der Waals surface area contributed by atoms with Crippen LogP contribution in [-0.2, 0) is 16.4 Å². The predicted molar refractivity (Wildman–Crippen MR) is 135 cm³/mol. The summed E-state index contributed by atoms with van der Waals surface area (Å²) < 4.78 is 29.1. The topological polar surface area (TPSA) is 86.7 Å². The fourth-order valence-corrected chi connectivity index (χ4v) is 5.95. The van der Waals surface area contributed by atoms with Crippen molar-refractivity contribution in [3.8, 4) is 0 Å². The Morgan fingerprint density at radius 3 is 2.35 bits per heavy atom. The maximum absolute atomic E-state index is 13.2. The third-order valence-corrected chi connectivity index (χ3v) is 7.96. The molecule has 0 atom stereocenters. The number of benzene rings is 3. The maximum atomic E-state index is 13.2. The Bertz CT molecular complexity index is 1280. The van der Waals surface area contributed by atoms with E-state index in [2.05, 4.69) is 33.9 Å². The second-order valence-corrected chi connectivity index (χ2v) is 10.7. The largest absolute Gasteiger partial charge is 0.478 e. The molecule has 4 rings (SSSR count). The van der Waals surface area contributed by atoms with E-state index < -0.39 is 16.0 Å². The van der Waals surface area contributed by atoms with Crippen LogP contribution in [0.25, 0.3) is 0 Å². The van der Waals surface area contributed by atoms with E-state index in [9.17, 15) is 18.3 Å². The van der Waals surface area contributed by atoms with Gasteiger partial charge in [-0.2, -0.15) is 0 Å². The van der Waals surface area contributed by atoms with Crippen molar-refractivity contribution >= 4 is 27.4 Å². The zero-order chi connectivity index (χ0) is 24.3. The Morgan fingerprint density at radius 2 is 1.71 bits per heavy atom. The molecule has 178 valence electrons. The average molecular weight is 479 g/mol. The Balaban J connectivity index is 1.57. The molecule has 3 aromatic rings. The number of carboxylic acids is 1. The lowest BCUT2D eigenvalue weighted by molar-refractivity contribution is 0.0697. The van der Waals surface area contributed by atoms with Crippen molar-refractivity contribution in [2.75, 3.05) is 22.7 Å². The number of aromatic carboxylic acids is 1. The van der Waals surface area contributed by atoms with Crippen LogP contribution in [0.2, 0.25) is 0 Å². The summed E-state index contributed by atoms with van der Waals surface area (Å²) in [5, 5.41) is 9.48. The van der Waals surface area contributed by atoms with Crippen LogP contribution in [0.1, 0.15) is 39.9 Å². The van der Waals surface area contributed by atoms with Gasteiger partial charge in [0.1, 0.15) is 0 Å². The number of aryl methyl sites for hydroxylation is 2. The van der Waals surface area contributed by atoms with E-state index >= 15 is 0 Å². The number of carboxylic acid groups (broad SMARTS) is 1. The zero-order valence-electron chi connectivity index (χ0n) is 19.5. The second kappa shape index (κ2) is 9.89. The van der Waals surface area contributed by atoms with E-state index in [1.165, 1.54) is 17.7 Å². The molecule has 1 aliphatic rings. The third kappa shape index (κ3) is 5.42. The molecule has 1 saturated heterocycles. The molecule has 1 fully saturated rings. The van der Waals surface area contributed by atoms with Crippen LogP contribution < -0.4 is 9.62 Å². The summed E-state index contributed by atoms with van der Waals surface area (Å²) in [5.74, 6) is -0.535. The molecule has 0 radical (unpaired) electrons. The summed E-state index contributed by atoms with van der Waals surface area (Å²) >= 11 is 0. The van der Waals surface area contributed by atoms with Crippen molar-refractivity contribution in [3.05, 3.63) is 89.0 Å². The smallest absolute Gasteiger partial charge is 0.335 e. The van der Waals surface area contributed by atoms with Crippen molar-refractivity contribution in [3.63, 3.8) is 0 Å². The fraction of sp³-hybridized carbons (Fsp3) is 0.296. The number of anilines is 2. The van der Waals surface area contributed by atoms with E-state index in [1.54, 1.807) is 25.1 Å². The van der Waals surface area contributed by atoms with Gasteiger partial charge >= 0.3 is 5.97 Å². The van der Waals surface area contributed by atoms with Gasteiger partial charge in [-0.1, -0.05) is 48.0 Å². The van der Waals surface area contributed by atoms with Gasteiger partial charge < -0.3 is 10.0 Å². The molecule has 2 N–H and O–H groups in total. The summed E-state index contributed by atoms with van der Waals surface area (Å²) in [6, 6.07) is 20.3. The Hall–Kier alpha value is -3.32. The second-order valence-electron chi connectivity index (χ2n) is 9.03. The van der Waals surface area contributed by atoms with Gasteiger partial charge in [0.15, 0.2) is 0 Å². The predicted octanol–water partition coefficient (Wildman–Crippen LogP) is 5.26. The van der Waals surface area contributed by atoms with Crippen molar-refractivity contribution < 1.29 is 18.3 Å². The first kappa shape index (κ1) is 23.8. The average Bonchev–Trinajstić information content (AvgIpc) is 2.80. The van der Waals surface area contributed by atoms with Gasteiger partial charge in [0.2, 0.25) is 0 Å². The molecular weight excluding hydrogens is 448 g/mol. The summed E-state index contributed by atoms with van der Waals surface area (Å²) in [7, 11) is -3.89. The minimum absolute atomic E-state index is 0.0426. The number of rotatable bonds is 7. The first-order chi connectivity index (χ1) is 16.2. The van der Waals surface area contributed by atoms with Gasteiger partial charge in [-0.15, -0.1) is 0 Å². The molecule has 0 aromatic heterocycles. The van der Waals surface area contributed by atoms with Crippen LogP contribution in [-0.4, -0.2) is 32.6 Å². The normalized spacial score (nSPS) is 14.7. The maximum Gasteiger partial charge on any atom is 0.335 e. The number of hydrogen-bond donors (Lipinski definition) is 2. The van der Waals surface area contributed by atoms with Crippen molar-refractivity contribution in [1.29, 1.82) is 0 Å². The van der Waals surface area contributed by atoms with E-state index in [1.807, 2.05) is 19.1 Å². The highest BCUT2D eigenvalue weighted by molar-refractivity contribution is 7.92. The summed E-state index contributed by atoms with van der Waals surface area (Å²) in [6.45, 7) is 5.23. The van der Waals surface area contributed by atoms with Crippen LogP contribution in [0, 0.1) is 19.8 Å². The quantitative estimate of drug-likeness (QED) is 0.484. The van der Waals surface area contributed by atoms with E-state index in [4.69, 9.17) is 0 Å². The minimum atomic E-state index is -3.89. The number of carbonyl (C=O) groups is 1. The third-order valence-electron chi connectivity index (χ3n) is 6.43. The highest BCUT2D eigenvalue weighted by atomic mass is 32.2. The Kier molecular flexibility index (Phi) is 6.93. The van der Waals surface area contributed by atoms with Crippen LogP contribution in [0.3, 0.4) is 0 Å². The molecular formula is C27H30N2O4S. The number of piperidine rings is 1. The molecule has 0 spiro atoms. The van der Waals surface area contributed by atoms with Gasteiger partial charge in [0.25, 0.3) is 10.0 Å². The Morgan fingerprint density at radius 1 is 1.00 bits per heavy atom. The van der Waals surface area contributed by atoms with Gasteiger partial charge in [-0.25, -0.2) is 13.2 Å². The number of sulfonamides is 1. The van der Waals surface area contributed by atoms with Crippen molar-refractivity contribution in [2.45, 2.75) is 38.0 Å². The van der Waals surface area contributed by atoms with Crippen LogP contribution in [0.15, 0.2) is 71.6 Å².